The van der Waals surface area contributed by atoms with Crippen LogP contribution in [0, 0.1) is 12.7 Å². The number of halogens is 2. The molecule has 0 aliphatic carbocycles. The summed E-state index contributed by atoms with van der Waals surface area (Å²) in [6, 6.07) is 13.1. The van der Waals surface area contributed by atoms with Crippen LogP contribution in [-0.2, 0) is 17.8 Å². The van der Waals surface area contributed by atoms with Gasteiger partial charge in [0, 0.05) is 58.0 Å². The Morgan fingerprint density at radius 2 is 2.09 bits per heavy atom. The third kappa shape index (κ3) is 5.07. The molecule has 2 heterocycles. The Labute approximate surface area is 202 Å². The second-order valence-electron chi connectivity index (χ2n) is 8.00. The number of amides is 1. The lowest BCUT2D eigenvalue weighted by Crippen LogP contribution is -2.24. The number of aromatic amines is 1. The first kappa shape index (κ1) is 23.4. The third-order valence-corrected chi connectivity index (χ3v) is 5.93. The Balaban J connectivity index is 1.48. The largest absolute Gasteiger partial charge is 0.360 e. The van der Waals surface area contributed by atoms with Crippen molar-refractivity contribution in [2.45, 2.75) is 26.8 Å². The van der Waals surface area contributed by atoms with E-state index in [4.69, 9.17) is 11.6 Å². The van der Waals surface area contributed by atoms with Crippen molar-refractivity contribution in [3.05, 3.63) is 99.7 Å². The Hall–Kier alpha value is -3.77. The van der Waals surface area contributed by atoms with E-state index in [1.165, 1.54) is 6.07 Å². The van der Waals surface area contributed by atoms with Crippen molar-refractivity contribution >= 4 is 46.0 Å². The fourth-order valence-corrected chi connectivity index (χ4v) is 3.99. The average Bonchev–Trinajstić information content (AvgIpc) is 3.19. The number of carbonyl (C=O) groups excluding carboxylic acids is 1. The molecule has 0 radical (unpaired) electrons. The molecule has 0 aliphatic heterocycles. The van der Waals surface area contributed by atoms with Crippen molar-refractivity contribution in [1.82, 2.24) is 15.3 Å². The van der Waals surface area contributed by atoms with Crippen LogP contribution >= 0.6 is 11.6 Å². The molecule has 7 heteroatoms. The van der Waals surface area contributed by atoms with E-state index in [2.05, 4.69) is 33.1 Å². The zero-order valence-electron chi connectivity index (χ0n) is 19.0. The van der Waals surface area contributed by atoms with Crippen molar-refractivity contribution in [3.8, 4) is 0 Å². The SMILES string of the molecule is C=N/C(=C\C(=C/C)C(=O)NCc1cc2c(Cl)c[nH]c2cc1F)Cc1ccc2nc(C)ccc2c1. The number of nitrogens with one attached hydrogen (secondary N) is 2. The number of benzene rings is 2. The summed E-state index contributed by atoms with van der Waals surface area (Å²) in [5.41, 5.74) is 4.95. The first-order valence-corrected chi connectivity index (χ1v) is 11.2. The molecule has 0 fully saturated rings. The molecule has 172 valence electrons. The van der Waals surface area contributed by atoms with E-state index >= 15 is 0 Å². The van der Waals surface area contributed by atoms with Crippen molar-refractivity contribution in [2.24, 2.45) is 4.99 Å². The van der Waals surface area contributed by atoms with Gasteiger partial charge in [-0.2, -0.15) is 0 Å². The van der Waals surface area contributed by atoms with Gasteiger partial charge in [0.15, 0.2) is 0 Å². The molecule has 0 saturated heterocycles. The van der Waals surface area contributed by atoms with Crippen LogP contribution in [0.1, 0.15) is 23.7 Å². The van der Waals surface area contributed by atoms with E-state index in [1.807, 2.05) is 31.2 Å². The van der Waals surface area contributed by atoms with Crippen LogP contribution in [0.25, 0.3) is 21.8 Å². The number of allylic oxidation sites excluding steroid dienone is 2. The highest BCUT2D eigenvalue weighted by Crippen LogP contribution is 2.26. The van der Waals surface area contributed by atoms with Gasteiger partial charge in [-0.3, -0.25) is 14.8 Å². The van der Waals surface area contributed by atoms with Crippen molar-refractivity contribution in [1.29, 1.82) is 0 Å². The first-order chi connectivity index (χ1) is 16.4. The normalized spacial score (nSPS) is 12.4. The van der Waals surface area contributed by atoms with Crippen molar-refractivity contribution in [2.75, 3.05) is 0 Å². The lowest BCUT2D eigenvalue weighted by Gasteiger charge is -2.09. The Bertz CT molecular complexity index is 1470. The number of nitrogens with zero attached hydrogens (tertiary/aromatic N) is 2. The number of rotatable bonds is 7. The van der Waals surface area contributed by atoms with E-state index < -0.39 is 5.82 Å². The minimum Gasteiger partial charge on any atom is -0.360 e. The molecule has 4 aromatic rings. The van der Waals surface area contributed by atoms with Crippen LogP contribution in [0.2, 0.25) is 5.02 Å². The predicted octanol–water partition coefficient (Wildman–Crippen LogP) is 6.21. The molecule has 0 spiro atoms. The third-order valence-electron chi connectivity index (χ3n) is 5.61. The van der Waals surface area contributed by atoms with Gasteiger partial charge in [0.05, 0.1) is 10.5 Å². The van der Waals surface area contributed by atoms with Gasteiger partial charge < -0.3 is 10.3 Å². The van der Waals surface area contributed by atoms with Crippen LogP contribution in [0.3, 0.4) is 0 Å². The molecule has 2 aromatic carbocycles. The minimum atomic E-state index is -0.418. The number of pyridine rings is 1. The first-order valence-electron chi connectivity index (χ1n) is 10.8. The molecule has 1 amide bonds. The van der Waals surface area contributed by atoms with E-state index in [9.17, 15) is 9.18 Å². The van der Waals surface area contributed by atoms with Crippen molar-refractivity contribution in [3.63, 3.8) is 0 Å². The molecule has 2 N–H and O–H groups in total. The number of aliphatic imine (C=N–C) groups is 1. The zero-order chi connectivity index (χ0) is 24.2. The number of fused-ring (bicyclic) bond motifs is 2. The molecular weight excluding hydrogens is 451 g/mol. The van der Waals surface area contributed by atoms with Gasteiger partial charge >= 0.3 is 0 Å². The molecule has 0 bridgehead atoms. The molecular formula is C27H24ClFN4O. The van der Waals surface area contributed by atoms with Gasteiger partial charge in [-0.25, -0.2) is 4.39 Å². The van der Waals surface area contributed by atoms with Gasteiger partial charge in [-0.15, -0.1) is 0 Å². The van der Waals surface area contributed by atoms with Crippen molar-refractivity contribution < 1.29 is 9.18 Å². The van der Waals surface area contributed by atoms with Gasteiger partial charge in [-0.05, 0) is 62.5 Å². The zero-order valence-corrected chi connectivity index (χ0v) is 19.7. The van der Waals surface area contributed by atoms with E-state index in [-0.39, 0.29) is 12.5 Å². The van der Waals surface area contributed by atoms with Crippen LogP contribution in [0.5, 0.6) is 0 Å². The molecule has 0 unspecified atom stereocenters. The Morgan fingerprint density at radius 3 is 2.85 bits per heavy atom. The van der Waals surface area contributed by atoms with Crippen LogP contribution in [0.15, 0.2) is 77.1 Å². The predicted molar refractivity (Wildman–Crippen MR) is 137 cm³/mol. The molecule has 0 aliphatic rings. The lowest BCUT2D eigenvalue weighted by atomic mass is 10.0. The number of aryl methyl sites for hydroxylation is 1. The van der Waals surface area contributed by atoms with Crippen LogP contribution in [-0.4, -0.2) is 22.6 Å². The summed E-state index contributed by atoms with van der Waals surface area (Å²) in [5.74, 6) is -0.750. The quantitative estimate of drug-likeness (QED) is 0.190. The summed E-state index contributed by atoms with van der Waals surface area (Å²) in [6.07, 6.45) is 5.50. The molecule has 0 atom stereocenters. The summed E-state index contributed by atoms with van der Waals surface area (Å²) >= 11 is 6.13. The van der Waals surface area contributed by atoms with Crippen LogP contribution < -0.4 is 5.32 Å². The topological polar surface area (TPSA) is 70.1 Å². The smallest absolute Gasteiger partial charge is 0.251 e. The lowest BCUT2D eigenvalue weighted by molar-refractivity contribution is -0.117. The second kappa shape index (κ2) is 10.0. The summed E-state index contributed by atoms with van der Waals surface area (Å²) in [4.78, 5) is 24.4. The maximum Gasteiger partial charge on any atom is 0.251 e. The highest BCUT2D eigenvalue weighted by Gasteiger charge is 2.12. The van der Waals surface area contributed by atoms with Gasteiger partial charge in [0.2, 0.25) is 0 Å². The summed E-state index contributed by atoms with van der Waals surface area (Å²) < 4.78 is 14.4. The fraction of sp³-hybridized carbons (Fsp3) is 0.148. The standard InChI is InChI=1S/C27H24ClFN4O/c1-4-18(27(34)32-14-20-12-22-23(28)15-31-26(22)13-24(20)29)11-21(30-3)10-17-6-8-25-19(9-17)7-5-16(2)33-25/h4-9,11-13,15,31H,3,10,14H2,1-2H3,(H,32,34)/b18-4+,21-11-. The maximum absolute atomic E-state index is 14.4. The molecule has 34 heavy (non-hydrogen) atoms. The van der Waals surface area contributed by atoms with Crippen LogP contribution in [0.4, 0.5) is 4.39 Å². The number of carbonyl (C=O) groups is 1. The van der Waals surface area contributed by atoms with Gasteiger partial charge in [-0.1, -0.05) is 29.8 Å². The van der Waals surface area contributed by atoms with E-state index in [0.29, 0.717) is 39.2 Å². The second-order valence-corrected chi connectivity index (χ2v) is 8.41. The monoisotopic (exact) mass is 474 g/mol. The summed E-state index contributed by atoms with van der Waals surface area (Å²) in [6.45, 7) is 7.42. The maximum atomic E-state index is 14.4. The van der Waals surface area contributed by atoms with E-state index in [0.717, 1.165) is 22.2 Å². The van der Waals surface area contributed by atoms with Gasteiger partial charge in [0.25, 0.3) is 5.91 Å². The molecule has 2 aromatic heterocycles. The number of hydrogen-bond donors (Lipinski definition) is 2. The van der Waals surface area contributed by atoms with E-state index in [1.54, 1.807) is 31.3 Å². The molecule has 0 saturated carbocycles. The Kier molecular flexibility index (Phi) is 6.89. The highest BCUT2D eigenvalue weighted by molar-refractivity contribution is 6.35. The summed E-state index contributed by atoms with van der Waals surface area (Å²) in [7, 11) is 0. The molecule has 5 nitrogen and oxygen atoms in total. The Morgan fingerprint density at radius 1 is 1.26 bits per heavy atom. The average molecular weight is 475 g/mol. The highest BCUT2D eigenvalue weighted by atomic mass is 35.5. The summed E-state index contributed by atoms with van der Waals surface area (Å²) in [5, 5.41) is 5.02. The number of H-pyrrole nitrogens is 1. The number of aromatic nitrogens is 2. The fourth-order valence-electron chi connectivity index (χ4n) is 3.78. The molecule has 4 rings (SSSR count). The van der Waals surface area contributed by atoms with Gasteiger partial charge in [0.1, 0.15) is 5.82 Å². The minimum absolute atomic E-state index is 0.0290. The number of hydrogen-bond acceptors (Lipinski definition) is 3.